The van der Waals surface area contributed by atoms with Crippen LogP contribution in [-0.4, -0.2) is 5.11 Å². The molecule has 0 unspecified atom stereocenters. The summed E-state index contributed by atoms with van der Waals surface area (Å²) in [5.41, 5.74) is 0. The summed E-state index contributed by atoms with van der Waals surface area (Å²) in [5, 5.41) is 18.9. The van der Waals surface area contributed by atoms with Gasteiger partial charge in [-0.1, -0.05) is 46.4 Å². The average molecular weight is 247 g/mol. The SMILES string of the molecule is [O]c1c(Cl)c(Cl)c(O)c(Cl)c1Cl. The van der Waals surface area contributed by atoms with E-state index in [2.05, 4.69) is 0 Å². The largest absolute Gasteiger partial charge is 0.505 e. The lowest BCUT2D eigenvalue weighted by Crippen LogP contribution is -1.77. The van der Waals surface area contributed by atoms with E-state index in [1.54, 1.807) is 0 Å². The van der Waals surface area contributed by atoms with Crippen LogP contribution < -0.4 is 0 Å². The topological polar surface area (TPSA) is 40.1 Å². The van der Waals surface area contributed by atoms with E-state index in [0.717, 1.165) is 0 Å². The van der Waals surface area contributed by atoms with Crippen LogP contribution in [0.2, 0.25) is 20.1 Å². The van der Waals surface area contributed by atoms with Crippen LogP contribution in [0.5, 0.6) is 11.5 Å². The van der Waals surface area contributed by atoms with Crippen LogP contribution in [0.4, 0.5) is 0 Å². The minimum atomic E-state index is -0.689. The van der Waals surface area contributed by atoms with Crippen molar-refractivity contribution in [3.05, 3.63) is 20.1 Å². The number of phenols is 1. The van der Waals surface area contributed by atoms with Gasteiger partial charge in [-0.25, -0.2) is 0 Å². The smallest absolute Gasteiger partial charge is 0.219 e. The molecular formula is C6HCl4O2. The molecule has 12 heavy (non-hydrogen) atoms. The molecule has 0 heterocycles. The second-order valence-electron chi connectivity index (χ2n) is 1.93. The summed E-state index contributed by atoms with van der Waals surface area (Å²) in [6, 6.07) is 0. The number of aromatic hydroxyl groups is 1. The molecule has 1 aromatic carbocycles. The third kappa shape index (κ3) is 1.40. The summed E-state index contributed by atoms with van der Waals surface area (Å²) in [4.78, 5) is 0. The molecule has 0 spiro atoms. The summed E-state index contributed by atoms with van der Waals surface area (Å²) < 4.78 is 0. The minimum Gasteiger partial charge on any atom is -0.505 e. The first-order valence-electron chi connectivity index (χ1n) is 2.68. The molecule has 0 atom stereocenters. The molecule has 0 amide bonds. The molecule has 0 aliphatic heterocycles. The zero-order valence-electron chi connectivity index (χ0n) is 5.37. The highest BCUT2D eigenvalue weighted by Crippen LogP contribution is 2.48. The fraction of sp³-hybridized carbons (Fsp3) is 0. The zero-order chi connectivity index (χ0) is 9.46. The summed E-state index contributed by atoms with van der Waals surface area (Å²) in [6.07, 6.45) is 0. The Bertz CT molecular complexity index is 232. The fourth-order valence-electron chi connectivity index (χ4n) is 0.600. The van der Waals surface area contributed by atoms with E-state index in [1.165, 1.54) is 0 Å². The molecule has 0 saturated carbocycles. The maximum absolute atomic E-state index is 11.0. The molecule has 2 nitrogen and oxygen atoms in total. The third-order valence-electron chi connectivity index (χ3n) is 1.20. The highest BCUT2D eigenvalue weighted by molar-refractivity contribution is 6.50. The van der Waals surface area contributed by atoms with E-state index in [0.29, 0.717) is 0 Å². The number of benzene rings is 1. The van der Waals surface area contributed by atoms with Crippen LogP contribution in [0, 0.1) is 0 Å². The van der Waals surface area contributed by atoms with Gasteiger partial charge < -0.3 is 5.11 Å². The number of halogens is 4. The summed E-state index contributed by atoms with van der Waals surface area (Å²) >= 11 is 21.7. The molecule has 1 rings (SSSR count). The van der Waals surface area contributed by atoms with Crippen molar-refractivity contribution in [3.8, 4) is 11.5 Å². The van der Waals surface area contributed by atoms with Crippen molar-refractivity contribution >= 4 is 46.4 Å². The molecule has 0 saturated heterocycles. The molecule has 1 radical (unpaired) electrons. The quantitative estimate of drug-likeness (QED) is 0.687. The number of hydrogen-bond acceptors (Lipinski definition) is 1. The maximum atomic E-state index is 11.0. The van der Waals surface area contributed by atoms with E-state index in [-0.39, 0.29) is 20.1 Å². The molecule has 1 N–H and O–H groups in total. The lowest BCUT2D eigenvalue weighted by molar-refractivity contribution is 0.354. The van der Waals surface area contributed by atoms with Crippen molar-refractivity contribution in [2.45, 2.75) is 0 Å². The molecule has 65 valence electrons. The molecular weight excluding hydrogens is 246 g/mol. The molecule has 0 aromatic heterocycles. The van der Waals surface area contributed by atoms with Crippen LogP contribution in [0.25, 0.3) is 0 Å². The van der Waals surface area contributed by atoms with Crippen molar-refractivity contribution in [2.75, 3.05) is 0 Å². The molecule has 1 aromatic rings. The van der Waals surface area contributed by atoms with Crippen LogP contribution in [0.3, 0.4) is 0 Å². The molecule has 0 aliphatic carbocycles. The van der Waals surface area contributed by atoms with E-state index in [4.69, 9.17) is 51.5 Å². The second kappa shape index (κ2) is 3.38. The molecule has 0 aliphatic rings. The Balaban J connectivity index is 3.60. The number of rotatable bonds is 0. The average Bonchev–Trinajstić information content (AvgIpc) is 2.08. The Morgan fingerprint density at radius 3 is 1.50 bits per heavy atom. The molecule has 6 heteroatoms. The van der Waals surface area contributed by atoms with Gasteiger partial charge in [0.05, 0.1) is 0 Å². The van der Waals surface area contributed by atoms with Gasteiger partial charge in [0, 0.05) is 0 Å². The van der Waals surface area contributed by atoms with Crippen LogP contribution in [-0.2, 0) is 5.11 Å². The first-order chi connectivity index (χ1) is 5.46. The van der Waals surface area contributed by atoms with E-state index in [9.17, 15) is 5.11 Å². The zero-order valence-corrected chi connectivity index (χ0v) is 8.39. The Kier molecular flexibility index (Phi) is 2.84. The van der Waals surface area contributed by atoms with Crippen molar-refractivity contribution < 1.29 is 10.2 Å². The van der Waals surface area contributed by atoms with Crippen LogP contribution in [0.1, 0.15) is 0 Å². The predicted molar refractivity (Wildman–Crippen MR) is 48.3 cm³/mol. The van der Waals surface area contributed by atoms with Gasteiger partial charge in [-0.3, -0.25) is 5.11 Å². The van der Waals surface area contributed by atoms with Gasteiger partial charge >= 0.3 is 0 Å². The second-order valence-corrected chi connectivity index (χ2v) is 3.45. The predicted octanol–water partition coefficient (Wildman–Crippen LogP) is 4.15. The van der Waals surface area contributed by atoms with Crippen molar-refractivity contribution in [1.29, 1.82) is 0 Å². The normalized spacial score (nSPS) is 10.3. The summed E-state index contributed by atoms with van der Waals surface area (Å²) in [7, 11) is 0. The molecule has 0 bridgehead atoms. The lowest BCUT2D eigenvalue weighted by atomic mass is 10.3. The first-order valence-corrected chi connectivity index (χ1v) is 4.20. The van der Waals surface area contributed by atoms with E-state index in [1.807, 2.05) is 0 Å². The van der Waals surface area contributed by atoms with E-state index >= 15 is 0 Å². The Labute approximate surface area is 88.2 Å². The van der Waals surface area contributed by atoms with Crippen molar-refractivity contribution in [3.63, 3.8) is 0 Å². The van der Waals surface area contributed by atoms with Gasteiger partial charge in [-0.2, -0.15) is 0 Å². The fourth-order valence-corrected chi connectivity index (χ4v) is 1.43. The number of phenolic OH excluding ortho intramolecular Hbond substituents is 1. The monoisotopic (exact) mass is 245 g/mol. The van der Waals surface area contributed by atoms with Crippen LogP contribution in [0.15, 0.2) is 0 Å². The first kappa shape index (κ1) is 10.1. The summed E-state index contributed by atoms with van der Waals surface area (Å²) in [6.45, 7) is 0. The Hall–Kier alpha value is -0.0200. The maximum Gasteiger partial charge on any atom is 0.219 e. The lowest BCUT2D eigenvalue weighted by Gasteiger charge is -2.04. The Morgan fingerprint density at radius 2 is 1.17 bits per heavy atom. The van der Waals surface area contributed by atoms with E-state index < -0.39 is 11.5 Å². The minimum absolute atomic E-state index is 0.281. The van der Waals surface area contributed by atoms with Crippen LogP contribution >= 0.6 is 46.4 Å². The Morgan fingerprint density at radius 1 is 0.833 bits per heavy atom. The van der Waals surface area contributed by atoms with Gasteiger partial charge in [-0.15, -0.1) is 0 Å². The molecule has 0 fully saturated rings. The van der Waals surface area contributed by atoms with Gasteiger partial charge in [0.15, 0.2) is 5.75 Å². The van der Waals surface area contributed by atoms with Gasteiger partial charge in [0.25, 0.3) is 0 Å². The number of hydrogen-bond donors (Lipinski definition) is 1. The van der Waals surface area contributed by atoms with Gasteiger partial charge in [0.2, 0.25) is 5.75 Å². The summed E-state index contributed by atoms with van der Waals surface area (Å²) in [5.74, 6) is -1.17. The van der Waals surface area contributed by atoms with Gasteiger partial charge in [0.1, 0.15) is 20.1 Å². The van der Waals surface area contributed by atoms with Crippen molar-refractivity contribution in [1.82, 2.24) is 0 Å². The highest BCUT2D eigenvalue weighted by Gasteiger charge is 2.20. The highest BCUT2D eigenvalue weighted by atomic mass is 35.5. The third-order valence-corrected chi connectivity index (χ3v) is 2.85. The van der Waals surface area contributed by atoms with Crippen molar-refractivity contribution in [2.24, 2.45) is 0 Å². The van der Waals surface area contributed by atoms with Gasteiger partial charge in [-0.05, 0) is 0 Å². The standard InChI is InChI=1S/C6HCl4O2/c7-1-2(8)6(12)4(10)3(9)5(1)11/h11H.